The Morgan fingerprint density at radius 3 is 2.63 bits per heavy atom. The van der Waals surface area contributed by atoms with Crippen LogP contribution in [0.15, 0.2) is 12.7 Å². The van der Waals surface area contributed by atoms with Gasteiger partial charge in [0.25, 0.3) is 5.91 Å². The Bertz CT molecular complexity index is 819. The van der Waals surface area contributed by atoms with E-state index in [0.717, 1.165) is 25.7 Å². The normalized spacial score (nSPS) is 29.7. The third-order valence-electron chi connectivity index (χ3n) is 5.36. The van der Waals surface area contributed by atoms with Crippen LogP contribution in [0.25, 0.3) is 11.2 Å². The van der Waals surface area contributed by atoms with Crippen molar-refractivity contribution in [3.63, 3.8) is 0 Å². The highest BCUT2D eigenvalue weighted by Gasteiger charge is 2.48. The second-order valence-electron chi connectivity index (χ2n) is 7.21. The van der Waals surface area contributed by atoms with Crippen LogP contribution in [0, 0.1) is 0 Å². The molecule has 27 heavy (non-hydrogen) atoms. The fraction of sp³-hybridized carbons (Fsp3) is 0.647. The van der Waals surface area contributed by atoms with Gasteiger partial charge in [0.05, 0.1) is 6.33 Å². The van der Waals surface area contributed by atoms with Crippen molar-refractivity contribution in [3.05, 3.63) is 12.7 Å². The molecule has 0 spiro atoms. The average molecular weight is 376 g/mol. The molecule has 2 aromatic heterocycles. The maximum atomic E-state index is 12.6. The Labute approximate surface area is 155 Å². The van der Waals surface area contributed by atoms with Crippen LogP contribution in [0.4, 0.5) is 5.82 Å². The van der Waals surface area contributed by atoms with E-state index in [0.29, 0.717) is 11.2 Å². The van der Waals surface area contributed by atoms with Crippen LogP contribution in [-0.4, -0.2) is 60.0 Å². The van der Waals surface area contributed by atoms with Crippen LogP contribution >= 0.6 is 0 Å². The molecule has 3 heterocycles. The number of carbonyl (C=O) groups is 1. The molecule has 2 aromatic rings. The van der Waals surface area contributed by atoms with Crippen molar-refractivity contribution < 1.29 is 19.7 Å². The summed E-state index contributed by atoms with van der Waals surface area (Å²) in [5, 5.41) is 23.8. The molecular weight excluding hydrogens is 352 g/mol. The van der Waals surface area contributed by atoms with Gasteiger partial charge in [-0.15, -0.1) is 0 Å². The molecule has 10 heteroatoms. The van der Waals surface area contributed by atoms with E-state index in [4.69, 9.17) is 10.5 Å². The molecule has 146 valence electrons. The zero-order chi connectivity index (χ0) is 19.0. The number of aliphatic hydroxyl groups is 2. The number of ether oxygens (including phenoxy) is 1. The third kappa shape index (κ3) is 3.35. The number of rotatable bonds is 3. The number of aromatic nitrogens is 4. The third-order valence-corrected chi connectivity index (χ3v) is 5.36. The Kier molecular flexibility index (Phi) is 4.94. The van der Waals surface area contributed by atoms with Gasteiger partial charge in [0, 0.05) is 6.04 Å². The number of nitrogens with one attached hydrogen (secondary N) is 1. The van der Waals surface area contributed by atoms with Crippen molar-refractivity contribution in [2.45, 2.75) is 69.1 Å². The van der Waals surface area contributed by atoms with Crippen molar-refractivity contribution >= 4 is 22.9 Å². The topological polar surface area (TPSA) is 148 Å². The van der Waals surface area contributed by atoms with Gasteiger partial charge in [0.2, 0.25) is 0 Å². The monoisotopic (exact) mass is 376 g/mol. The van der Waals surface area contributed by atoms with Gasteiger partial charge in [-0.25, -0.2) is 15.0 Å². The minimum Gasteiger partial charge on any atom is -0.387 e. The first-order chi connectivity index (χ1) is 13.1. The molecular formula is C17H24N6O4. The minimum atomic E-state index is -1.35. The van der Waals surface area contributed by atoms with Crippen molar-refractivity contribution in [3.8, 4) is 0 Å². The second-order valence-corrected chi connectivity index (χ2v) is 7.21. The lowest BCUT2D eigenvalue weighted by Gasteiger charge is -2.20. The zero-order valence-electron chi connectivity index (χ0n) is 14.9. The lowest BCUT2D eigenvalue weighted by atomic mass is 10.1. The molecule has 5 N–H and O–H groups in total. The fourth-order valence-corrected chi connectivity index (χ4v) is 3.87. The molecule has 1 saturated heterocycles. The summed E-state index contributed by atoms with van der Waals surface area (Å²) in [5.74, 6) is -0.205. The number of nitrogens with zero attached hydrogens (tertiary/aromatic N) is 4. The van der Waals surface area contributed by atoms with E-state index in [-0.39, 0.29) is 11.9 Å². The average Bonchev–Trinajstić information content (AvgIpc) is 3.09. The van der Waals surface area contributed by atoms with Crippen LogP contribution in [0.5, 0.6) is 0 Å². The number of nitrogen functional groups attached to an aromatic ring is 1. The van der Waals surface area contributed by atoms with E-state index < -0.39 is 30.4 Å². The molecule has 2 fully saturated rings. The highest BCUT2D eigenvalue weighted by Crippen LogP contribution is 2.32. The van der Waals surface area contributed by atoms with E-state index >= 15 is 0 Å². The van der Waals surface area contributed by atoms with Gasteiger partial charge >= 0.3 is 0 Å². The van der Waals surface area contributed by atoms with Crippen molar-refractivity contribution in [2.24, 2.45) is 0 Å². The summed E-state index contributed by atoms with van der Waals surface area (Å²) in [6, 6.07) is 0.0774. The largest absolute Gasteiger partial charge is 0.387 e. The van der Waals surface area contributed by atoms with Crippen LogP contribution in [0.1, 0.15) is 44.8 Å². The van der Waals surface area contributed by atoms with Crippen LogP contribution < -0.4 is 11.1 Å². The Balaban J connectivity index is 1.51. The van der Waals surface area contributed by atoms with Gasteiger partial charge in [-0.05, 0) is 12.8 Å². The SMILES string of the molecule is Nc1ncnc2c1ncn2[C@@H]1O[C@H](C(=O)NC2CCCCCC2)[C@@H](O)[C@H]1O. The highest BCUT2D eigenvalue weighted by atomic mass is 16.6. The molecule has 4 atom stereocenters. The highest BCUT2D eigenvalue weighted by molar-refractivity contribution is 5.83. The molecule has 1 amide bonds. The molecule has 2 aliphatic rings. The summed E-state index contributed by atoms with van der Waals surface area (Å²) in [4.78, 5) is 24.8. The van der Waals surface area contributed by atoms with Gasteiger partial charge in [0.15, 0.2) is 23.8 Å². The van der Waals surface area contributed by atoms with E-state index in [1.54, 1.807) is 0 Å². The fourth-order valence-electron chi connectivity index (χ4n) is 3.87. The maximum Gasteiger partial charge on any atom is 0.252 e. The first kappa shape index (κ1) is 18.1. The van der Waals surface area contributed by atoms with E-state index in [1.165, 1.54) is 30.1 Å². The zero-order valence-corrected chi connectivity index (χ0v) is 14.9. The molecule has 1 aliphatic heterocycles. The molecule has 1 saturated carbocycles. The predicted molar refractivity (Wildman–Crippen MR) is 95.3 cm³/mol. The number of nitrogens with two attached hydrogens (primary N) is 1. The number of hydrogen-bond donors (Lipinski definition) is 4. The van der Waals surface area contributed by atoms with Gasteiger partial charge in [-0.1, -0.05) is 25.7 Å². The number of aliphatic hydroxyl groups excluding tert-OH is 2. The number of anilines is 1. The van der Waals surface area contributed by atoms with Crippen LogP contribution in [-0.2, 0) is 9.53 Å². The quantitative estimate of drug-likeness (QED) is 0.541. The number of amides is 1. The van der Waals surface area contributed by atoms with E-state index in [9.17, 15) is 15.0 Å². The summed E-state index contributed by atoms with van der Waals surface area (Å²) in [5.41, 5.74) is 6.51. The van der Waals surface area contributed by atoms with Gasteiger partial charge in [-0.3, -0.25) is 9.36 Å². The molecule has 1 aliphatic carbocycles. The lowest BCUT2D eigenvalue weighted by Crippen LogP contribution is -2.46. The second kappa shape index (κ2) is 7.37. The molecule has 0 bridgehead atoms. The molecule has 0 aromatic carbocycles. The minimum absolute atomic E-state index is 0.0774. The number of fused-ring (bicyclic) bond motifs is 1. The summed E-state index contributed by atoms with van der Waals surface area (Å²) in [7, 11) is 0. The number of carbonyl (C=O) groups excluding carboxylic acids is 1. The summed E-state index contributed by atoms with van der Waals surface area (Å²) in [6.07, 6.45) is 4.22. The molecule has 4 rings (SSSR count). The van der Waals surface area contributed by atoms with E-state index in [1.807, 2.05) is 0 Å². The molecule has 0 radical (unpaired) electrons. The summed E-state index contributed by atoms with van der Waals surface area (Å²) in [6.45, 7) is 0. The first-order valence-corrected chi connectivity index (χ1v) is 9.31. The standard InChI is InChI=1S/C17H24N6O4/c18-14-10-15(20-7-19-14)23(8-21-10)17-12(25)11(24)13(27-17)16(26)22-9-5-3-1-2-4-6-9/h7-9,11-13,17,24-25H,1-6H2,(H,22,26)(H2,18,19,20)/t11-,12+,13-,17+/m0/s1. The Hall–Kier alpha value is -2.30. The number of imidazole rings is 1. The van der Waals surface area contributed by atoms with Crippen LogP contribution in [0.3, 0.4) is 0 Å². The van der Waals surface area contributed by atoms with Crippen molar-refractivity contribution in [2.75, 3.05) is 5.73 Å². The van der Waals surface area contributed by atoms with Gasteiger partial charge in [0.1, 0.15) is 24.1 Å². The number of hydrogen-bond acceptors (Lipinski definition) is 8. The lowest BCUT2D eigenvalue weighted by molar-refractivity contribution is -0.138. The molecule has 0 unspecified atom stereocenters. The van der Waals surface area contributed by atoms with Crippen molar-refractivity contribution in [1.82, 2.24) is 24.8 Å². The Morgan fingerprint density at radius 2 is 1.89 bits per heavy atom. The summed E-state index contributed by atoms with van der Waals surface area (Å²) < 4.78 is 7.18. The van der Waals surface area contributed by atoms with Gasteiger partial charge < -0.3 is 26.0 Å². The molecule has 10 nitrogen and oxygen atoms in total. The first-order valence-electron chi connectivity index (χ1n) is 9.31. The summed E-state index contributed by atoms with van der Waals surface area (Å²) >= 11 is 0. The smallest absolute Gasteiger partial charge is 0.252 e. The van der Waals surface area contributed by atoms with Crippen LogP contribution in [0.2, 0.25) is 0 Å². The Morgan fingerprint density at radius 1 is 1.15 bits per heavy atom. The van der Waals surface area contributed by atoms with Gasteiger partial charge in [-0.2, -0.15) is 0 Å². The maximum absolute atomic E-state index is 12.6. The predicted octanol–water partition coefficient (Wildman–Crippen LogP) is -0.133. The van der Waals surface area contributed by atoms with Crippen molar-refractivity contribution in [1.29, 1.82) is 0 Å². The van der Waals surface area contributed by atoms with E-state index in [2.05, 4.69) is 20.3 Å².